The summed E-state index contributed by atoms with van der Waals surface area (Å²) in [6.45, 7) is 0. The van der Waals surface area contributed by atoms with Crippen molar-refractivity contribution in [3.05, 3.63) is 64.1 Å². The quantitative estimate of drug-likeness (QED) is 0.337. The lowest BCUT2D eigenvalue weighted by Crippen LogP contribution is -2.39. The Balaban J connectivity index is 2.22. The highest BCUT2D eigenvalue weighted by Crippen LogP contribution is 2.24. The number of ketones is 2. The zero-order chi connectivity index (χ0) is 16.8. The molecule has 2 aromatic rings. The van der Waals surface area contributed by atoms with Crippen LogP contribution < -0.4 is 5.73 Å². The average Bonchev–Trinajstić information content (AvgIpc) is 2.59. The first kappa shape index (κ1) is 17.9. The number of methoxy groups -OCH3 is 1. The number of thioether (sulfide) groups is 1. The Bertz CT molecular complexity index is 703. The molecule has 0 heterocycles. The lowest BCUT2D eigenvalue weighted by Gasteiger charge is -2.13. The van der Waals surface area contributed by atoms with Crippen molar-refractivity contribution in [1.82, 2.24) is 0 Å². The van der Waals surface area contributed by atoms with Crippen LogP contribution in [-0.4, -0.2) is 30.7 Å². The molecule has 120 valence electrons. The molecule has 23 heavy (non-hydrogen) atoms. The van der Waals surface area contributed by atoms with E-state index >= 15 is 0 Å². The first-order valence-electron chi connectivity index (χ1n) is 6.85. The summed E-state index contributed by atoms with van der Waals surface area (Å²) in [5.74, 6) is -0.369. The second-order valence-electron chi connectivity index (χ2n) is 4.76. The van der Waals surface area contributed by atoms with Crippen molar-refractivity contribution in [1.29, 1.82) is 0 Å². The van der Waals surface area contributed by atoms with Crippen molar-refractivity contribution in [2.24, 2.45) is 5.73 Å². The molecule has 0 saturated heterocycles. The molecule has 4 nitrogen and oxygen atoms in total. The summed E-state index contributed by atoms with van der Waals surface area (Å²) in [6.07, 6.45) is 0. The molecule has 0 radical (unpaired) electrons. The van der Waals surface area contributed by atoms with Gasteiger partial charge >= 0.3 is 0 Å². The minimum absolute atomic E-state index is 0.392. The Morgan fingerprint density at radius 3 is 2.43 bits per heavy atom. The van der Waals surface area contributed by atoms with E-state index in [0.29, 0.717) is 17.1 Å². The maximum absolute atomic E-state index is 12.6. The minimum atomic E-state index is -1.22. The number of carbonyl (C=O) groups excluding carboxylic acids is 2. The number of benzene rings is 2. The Morgan fingerprint density at radius 2 is 1.78 bits per heavy atom. The molecule has 0 aliphatic carbocycles. The molecule has 0 bridgehead atoms. The summed E-state index contributed by atoms with van der Waals surface area (Å²) in [7, 11) is 1.58. The molecule has 1 atom stereocenters. The summed E-state index contributed by atoms with van der Waals surface area (Å²) in [6, 6.07) is 12.6. The molecular weight excluding hydrogens is 378 g/mol. The third kappa shape index (κ3) is 4.51. The lowest BCUT2D eigenvalue weighted by atomic mass is 9.97. The van der Waals surface area contributed by atoms with Crippen LogP contribution in [0.2, 0.25) is 0 Å². The molecule has 0 amide bonds. The van der Waals surface area contributed by atoms with E-state index in [2.05, 4.69) is 15.9 Å². The van der Waals surface area contributed by atoms with Crippen molar-refractivity contribution in [3.8, 4) is 0 Å². The highest BCUT2D eigenvalue weighted by molar-refractivity contribution is 9.10. The van der Waals surface area contributed by atoms with E-state index in [0.717, 1.165) is 9.37 Å². The van der Waals surface area contributed by atoms with Gasteiger partial charge in [0, 0.05) is 27.6 Å². The van der Waals surface area contributed by atoms with E-state index in [4.69, 9.17) is 10.5 Å². The molecule has 6 heteroatoms. The van der Waals surface area contributed by atoms with Gasteiger partial charge in [-0.15, -0.1) is 0 Å². The van der Waals surface area contributed by atoms with E-state index in [1.54, 1.807) is 43.5 Å². The molecule has 0 aliphatic heterocycles. The Labute approximate surface area is 147 Å². The van der Waals surface area contributed by atoms with E-state index < -0.39 is 17.6 Å². The van der Waals surface area contributed by atoms with Gasteiger partial charge in [-0.25, -0.2) is 0 Å². The van der Waals surface area contributed by atoms with Gasteiger partial charge < -0.3 is 10.5 Å². The second kappa shape index (κ2) is 8.40. The van der Waals surface area contributed by atoms with Crippen LogP contribution in [0.4, 0.5) is 0 Å². The summed E-state index contributed by atoms with van der Waals surface area (Å²) in [4.78, 5) is 25.8. The molecule has 0 aliphatic rings. The lowest BCUT2D eigenvalue weighted by molar-refractivity contribution is 0.0861. The number of hydrogen-bond donors (Lipinski definition) is 1. The number of Topliss-reactive ketones (excluding diaryl/α,β-unsaturated/α-hetero) is 2. The normalized spacial score (nSPS) is 12.0. The van der Waals surface area contributed by atoms with Crippen LogP contribution in [-0.2, 0) is 4.74 Å². The summed E-state index contributed by atoms with van der Waals surface area (Å²) in [5.41, 5.74) is 6.76. The Hall–Kier alpha value is -1.47. The fourth-order valence-electron chi connectivity index (χ4n) is 2.00. The maximum atomic E-state index is 12.6. The van der Waals surface area contributed by atoms with Crippen LogP contribution in [0.1, 0.15) is 20.7 Å². The van der Waals surface area contributed by atoms with Gasteiger partial charge in [-0.2, -0.15) is 0 Å². The molecule has 2 aromatic carbocycles. The van der Waals surface area contributed by atoms with Gasteiger partial charge in [0.05, 0.1) is 5.94 Å². The highest BCUT2D eigenvalue weighted by atomic mass is 79.9. The van der Waals surface area contributed by atoms with Gasteiger partial charge in [-0.3, -0.25) is 9.59 Å². The molecule has 1 unspecified atom stereocenters. The number of ether oxygens (including phenoxy) is 1. The van der Waals surface area contributed by atoms with Crippen molar-refractivity contribution < 1.29 is 14.3 Å². The average molecular weight is 394 g/mol. The van der Waals surface area contributed by atoms with Crippen LogP contribution in [0, 0.1) is 0 Å². The minimum Gasteiger partial charge on any atom is -0.374 e. The fourth-order valence-corrected chi connectivity index (χ4v) is 3.01. The predicted molar refractivity (Wildman–Crippen MR) is 95.0 cm³/mol. The monoisotopic (exact) mass is 393 g/mol. The van der Waals surface area contributed by atoms with E-state index in [1.807, 2.05) is 12.1 Å². The SMILES string of the molecule is COCSc1ccccc1C(=O)C(N)C(=O)c1ccc(Br)cc1. The molecule has 0 aromatic heterocycles. The Morgan fingerprint density at radius 1 is 1.13 bits per heavy atom. The molecule has 0 fully saturated rings. The predicted octanol–water partition coefficient (Wildman–Crippen LogP) is 3.54. The second-order valence-corrected chi connectivity index (χ2v) is 6.64. The molecular formula is C17H16BrNO3S. The maximum Gasteiger partial charge on any atom is 0.188 e. The van der Waals surface area contributed by atoms with Crippen molar-refractivity contribution in [2.75, 3.05) is 13.0 Å². The van der Waals surface area contributed by atoms with Crippen LogP contribution in [0.25, 0.3) is 0 Å². The molecule has 0 saturated carbocycles. The van der Waals surface area contributed by atoms with Gasteiger partial charge in [-0.1, -0.05) is 58.0 Å². The summed E-state index contributed by atoms with van der Waals surface area (Å²) < 4.78 is 5.87. The van der Waals surface area contributed by atoms with E-state index in [-0.39, 0.29) is 0 Å². The fraction of sp³-hybridized carbons (Fsp3) is 0.176. The first-order valence-corrected chi connectivity index (χ1v) is 8.62. The van der Waals surface area contributed by atoms with Gasteiger partial charge in [0.2, 0.25) is 0 Å². The third-order valence-corrected chi connectivity index (χ3v) is 4.73. The largest absolute Gasteiger partial charge is 0.374 e. The number of rotatable bonds is 7. The Kier molecular flexibility index (Phi) is 6.53. The van der Waals surface area contributed by atoms with Gasteiger partial charge in [0.25, 0.3) is 0 Å². The topological polar surface area (TPSA) is 69.4 Å². The zero-order valence-corrected chi connectivity index (χ0v) is 14.9. The van der Waals surface area contributed by atoms with Gasteiger partial charge in [-0.05, 0) is 18.2 Å². The summed E-state index contributed by atoms with van der Waals surface area (Å²) in [5, 5.41) is 0. The zero-order valence-electron chi connectivity index (χ0n) is 12.5. The molecule has 2 N–H and O–H groups in total. The van der Waals surface area contributed by atoms with Crippen LogP contribution >= 0.6 is 27.7 Å². The van der Waals surface area contributed by atoms with Crippen molar-refractivity contribution in [3.63, 3.8) is 0 Å². The number of hydrogen-bond acceptors (Lipinski definition) is 5. The molecule has 2 rings (SSSR count). The summed E-state index contributed by atoms with van der Waals surface area (Å²) >= 11 is 4.69. The smallest absolute Gasteiger partial charge is 0.188 e. The molecule has 0 spiro atoms. The highest BCUT2D eigenvalue weighted by Gasteiger charge is 2.26. The third-order valence-electron chi connectivity index (χ3n) is 3.18. The van der Waals surface area contributed by atoms with E-state index in [1.165, 1.54) is 11.8 Å². The van der Waals surface area contributed by atoms with Crippen molar-refractivity contribution >= 4 is 39.3 Å². The standard InChI is InChI=1S/C17H16BrNO3S/c1-22-10-23-14-5-3-2-4-13(14)17(21)15(19)16(20)11-6-8-12(18)9-7-11/h2-9,15H,10,19H2,1H3. The number of carbonyl (C=O) groups is 2. The number of halogens is 1. The van der Waals surface area contributed by atoms with Crippen molar-refractivity contribution in [2.45, 2.75) is 10.9 Å². The van der Waals surface area contributed by atoms with E-state index in [9.17, 15) is 9.59 Å². The van der Waals surface area contributed by atoms with Gasteiger partial charge in [0.15, 0.2) is 11.6 Å². The van der Waals surface area contributed by atoms with Crippen LogP contribution in [0.5, 0.6) is 0 Å². The van der Waals surface area contributed by atoms with Crippen LogP contribution in [0.3, 0.4) is 0 Å². The number of nitrogens with two attached hydrogens (primary N) is 1. The van der Waals surface area contributed by atoms with Gasteiger partial charge in [0.1, 0.15) is 6.04 Å². The first-order chi connectivity index (χ1) is 11.0. The van der Waals surface area contributed by atoms with Crippen LogP contribution in [0.15, 0.2) is 57.9 Å².